The second-order valence-electron chi connectivity index (χ2n) is 5.19. The molecular formula is C14H20BrNOS. The fourth-order valence-electron chi connectivity index (χ4n) is 2.76. The molecule has 100 valence electrons. The highest BCUT2D eigenvalue weighted by Crippen LogP contribution is 2.37. The smallest absolute Gasteiger partial charge is 0.187 e. The molecule has 1 aromatic rings. The number of thiophene rings is 1. The maximum absolute atomic E-state index is 12.2. The van der Waals surface area contributed by atoms with Crippen LogP contribution in [0.3, 0.4) is 0 Å². The van der Waals surface area contributed by atoms with E-state index in [9.17, 15) is 4.79 Å². The molecule has 2 nitrogen and oxygen atoms in total. The minimum absolute atomic E-state index is 0.250. The van der Waals surface area contributed by atoms with Crippen LogP contribution in [0.4, 0.5) is 0 Å². The van der Waals surface area contributed by atoms with Crippen molar-refractivity contribution in [2.75, 3.05) is 19.6 Å². The van der Waals surface area contributed by atoms with Gasteiger partial charge < -0.3 is 0 Å². The molecular weight excluding hydrogens is 310 g/mol. The van der Waals surface area contributed by atoms with Gasteiger partial charge in [-0.3, -0.25) is 9.69 Å². The standard InChI is InChI=1S/C14H20BrNOS/c1-3-14(4-2)6-7-16(10-14)9-12(17)13-11(15)5-8-18-13/h5,8H,3-4,6-7,9-10H2,1-2H3. The summed E-state index contributed by atoms with van der Waals surface area (Å²) in [4.78, 5) is 15.4. The lowest BCUT2D eigenvalue weighted by molar-refractivity contribution is 0.0940. The molecule has 18 heavy (non-hydrogen) atoms. The van der Waals surface area contributed by atoms with Gasteiger partial charge in [0.1, 0.15) is 0 Å². The van der Waals surface area contributed by atoms with Crippen molar-refractivity contribution in [2.24, 2.45) is 5.41 Å². The summed E-state index contributed by atoms with van der Waals surface area (Å²) < 4.78 is 0.939. The summed E-state index contributed by atoms with van der Waals surface area (Å²) in [5.41, 5.74) is 0.451. The second kappa shape index (κ2) is 5.85. The molecule has 0 aromatic carbocycles. The van der Waals surface area contributed by atoms with Crippen LogP contribution in [0.25, 0.3) is 0 Å². The lowest BCUT2D eigenvalue weighted by Crippen LogP contribution is -2.30. The highest BCUT2D eigenvalue weighted by molar-refractivity contribution is 9.10. The Morgan fingerprint density at radius 1 is 1.50 bits per heavy atom. The van der Waals surface area contributed by atoms with E-state index in [1.165, 1.54) is 30.6 Å². The zero-order chi connectivity index (χ0) is 13.2. The molecule has 0 aliphatic carbocycles. The van der Waals surface area contributed by atoms with Crippen molar-refractivity contribution in [2.45, 2.75) is 33.1 Å². The molecule has 0 unspecified atom stereocenters. The van der Waals surface area contributed by atoms with Gasteiger partial charge in [0.05, 0.1) is 11.4 Å². The maximum Gasteiger partial charge on any atom is 0.187 e. The molecule has 2 heterocycles. The van der Waals surface area contributed by atoms with Gasteiger partial charge in [-0.15, -0.1) is 11.3 Å². The Bertz CT molecular complexity index is 425. The van der Waals surface area contributed by atoms with Crippen LogP contribution in [-0.4, -0.2) is 30.3 Å². The quantitative estimate of drug-likeness (QED) is 0.754. The van der Waals surface area contributed by atoms with Crippen LogP contribution in [-0.2, 0) is 0 Å². The van der Waals surface area contributed by atoms with Crippen LogP contribution < -0.4 is 0 Å². The summed E-state index contributed by atoms with van der Waals surface area (Å²) in [6, 6.07) is 1.95. The molecule has 0 saturated carbocycles. The topological polar surface area (TPSA) is 20.3 Å². The van der Waals surface area contributed by atoms with E-state index in [2.05, 4.69) is 34.7 Å². The molecule has 0 amide bonds. The number of carbonyl (C=O) groups is 1. The first kappa shape index (κ1) is 14.2. The number of Topliss-reactive ketones (excluding diaryl/α,β-unsaturated/α-hetero) is 1. The molecule has 4 heteroatoms. The summed E-state index contributed by atoms with van der Waals surface area (Å²) in [5, 5.41) is 1.96. The lowest BCUT2D eigenvalue weighted by atomic mass is 9.82. The largest absolute Gasteiger partial charge is 0.295 e. The Hall–Kier alpha value is -0.190. The molecule has 0 N–H and O–H groups in total. The predicted molar refractivity (Wildman–Crippen MR) is 80.4 cm³/mol. The Morgan fingerprint density at radius 2 is 2.22 bits per heavy atom. The first-order chi connectivity index (χ1) is 8.60. The van der Waals surface area contributed by atoms with Gasteiger partial charge in [0.25, 0.3) is 0 Å². The number of hydrogen-bond acceptors (Lipinski definition) is 3. The van der Waals surface area contributed by atoms with Crippen LogP contribution in [0.1, 0.15) is 42.8 Å². The fourth-order valence-corrected chi connectivity index (χ4v) is 4.28. The number of ketones is 1. The first-order valence-electron chi connectivity index (χ1n) is 6.59. The summed E-state index contributed by atoms with van der Waals surface area (Å²) in [5.74, 6) is 0.250. The van der Waals surface area contributed by atoms with Gasteiger partial charge in [0.2, 0.25) is 0 Å². The van der Waals surface area contributed by atoms with E-state index in [1.54, 1.807) is 0 Å². The van der Waals surface area contributed by atoms with Crippen molar-refractivity contribution in [3.05, 3.63) is 20.8 Å². The SMILES string of the molecule is CCC1(CC)CCN(CC(=O)c2sccc2Br)C1. The van der Waals surface area contributed by atoms with Crippen molar-refractivity contribution >= 4 is 33.0 Å². The van der Waals surface area contributed by atoms with Crippen molar-refractivity contribution < 1.29 is 4.79 Å². The van der Waals surface area contributed by atoms with E-state index in [0.717, 1.165) is 22.4 Å². The summed E-state index contributed by atoms with van der Waals surface area (Å²) >= 11 is 4.97. The highest BCUT2D eigenvalue weighted by Gasteiger charge is 2.35. The van der Waals surface area contributed by atoms with Gasteiger partial charge in [0.15, 0.2) is 5.78 Å². The normalized spacial score (nSPS) is 19.3. The third kappa shape index (κ3) is 2.86. The van der Waals surface area contributed by atoms with Gasteiger partial charge in [0, 0.05) is 11.0 Å². The monoisotopic (exact) mass is 329 g/mol. The average Bonchev–Trinajstić information content (AvgIpc) is 2.96. The predicted octanol–water partition coefficient (Wildman–Crippen LogP) is 4.21. The van der Waals surface area contributed by atoms with Crippen LogP contribution in [0, 0.1) is 5.41 Å². The Labute approximate surface area is 122 Å². The third-order valence-electron chi connectivity index (χ3n) is 4.26. The zero-order valence-corrected chi connectivity index (χ0v) is 13.4. The number of halogens is 1. The van der Waals surface area contributed by atoms with Crippen LogP contribution >= 0.6 is 27.3 Å². The zero-order valence-electron chi connectivity index (χ0n) is 11.0. The molecule has 0 spiro atoms. The van der Waals surface area contributed by atoms with Gasteiger partial charge in [-0.2, -0.15) is 0 Å². The summed E-state index contributed by atoms with van der Waals surface area (Å²) in [7, 11) is 0. The van der Waals surface area contributed by atoms with Crippen molar-refractivity contribution in [1.29, 1.82) is 0 Å². The van der Waals surface area contributed by atoms with E-state index in [4.69, 9.17) is 0 Å². The highest BCUT2D eigenvalue weighted by atomic mass is 79.9. The lowest BCUT2D eigenvalue weighted by Gasteiger charge is -2.26. The number of carbonyl (C=O) groups excluding carboxylic acids is 1. The Kier molecular flexibility index (Phi) is 4.62. The van der Waals surface area contributed by atoms with E-state index in [1.807, 2.05) is 11.4 Å². The van der Waals surface area contributed by atoms with E-state index < -0.39 is 0 Å². The van der Waals surface area contributed by atoms with E-state index >= 15 is 0 Å². The third-order valence-corrected chi connectivity index (χ3v) is 6.13. The number of nitrogens with zero attached hydrogens (tertiary/aromatic N) is 1. The van der Waals surface area contributed by atoms with Crippen LogP contribution in [0.5, 0.6) is 0 Å². The molecule has 1 aliphatic heterocycles. The maximum atomic E-state index is 12.2. The molecule has 1 aliphatic rings. The van der Waals surface area contributed by atoms with Gasteiger partial charge >= 0.3 is 0 Å². The fraction of sp³-hybridized carbons (Fsp3) is 0.643. The molecule has 0 atom stereocenters. The summed E-state index contributed by atoms with van der Waals surface area (Å²) in [6.07, 6.45) is 3.67. The van der Waals surface area contributed by atoms with Crippen molar-refractivity contribution in [3.63, 3.8) is 0 Å². The number of likely N-dealkylation sites (tertiary alicyclic amines) is 1. The molecule has 1 aromatic heterocycles. The minimum atomic E-state index is 0.250. The first-order valence-corrected chi connectivity index (χ1v) is 8.26. The molecule has 0 bridgehead atoms. The van der Waals surface area contributed by atoms with Gasteiger partial charge in [-0.05, 0) is 58.6 Å². The average molecular weight is 330 g/mol. The second-order valence-corrected chi connectivity index (χ2v) is 6.96. The van der Waals surface area contributed by atoms with Crippen LogP contribution in [0.2, 0.25) is 0 Å². The minimum Gasteiger partial charge on any atom is -0.295 e. The van der Waals surface area contributed by atoms with Gasteiger partial charge in [-0.25, -0.2) is 0 Å². The summed E-state index contributed by atoms with van der Waals surface area (Å²) in [6.45, 7) is 7.25. The van der Waals surface area contributed by atoms with Crippen molar-refractivity contribution in [1.82, 2.24) is 4.90 Å². The van der Waals surface area contributed by atoms with E-state index in [-0.39, 0.29) is 5.78 Å². The molecule has 0 radical (unpaired) electrons. The molecule has 2 rings (SSSR count). The Morgan fingerprint density at radius 3 is 2.72 bits per heavy atom. The van der Waals surface area contributed by atoms with E-state index in [0.29, 0.717) is 12.0 Å². The van der Waals surface area contributed by atoms with Crippen LogP contribution in [0.15, 0.2) is 15.9 Å². The Balaban J connectivity index is 1.96. The molecule has 1 saturated heterocycles. The number of hydrogen-bond donors (Lipinski definition) is 0. The number of rotatable bonds is 5. The van der Waals surface area contributed by atoms with Gasteiger partial charge in [-0.1, -0.05) is 13.8 Å². The van der Waals surface area contributed by atoms with Crippen molar-refractivity contribution in [3.8, 4) is 0 Å². The molecule has 1 fully saturated rings.